The Bertz CT molecular complexity index is 1020. The fourth-order valence-corrected chi connectivity index (χ4v) is 3.23. The molecule has 1 fully saturated rings. The Labute approximate surface area is 185 Å². The van der Waals surface area contributed by atoms with Gasteiger partial charge in [0.2, 0.25) is 11.8 Å². The molecule has 0 spiro atoms. The van der Waals surface area contributed by atoms with Crippen LogP contribution < -0.4 is 5.32 Å². The van der Waals surface area contributed by atoms with Crippen molar-refractivity contribution in [3.8, 4) is 0 Å². The molecule has 0 saturated carbocycles. The van der Waals surface area contributed by atoms with E-state index in [0.29, 0.717) is 26.2 Å². The molecule has 3 amide bonds. The Balaban J connectivity index is 0.00000114. The SMILES string of the molecule is C=CC(=O)NCC(=O)N1CCN(C(=O)OCc2ccc3cc(C)ccc3c2)CC1.O=C=O. The molecule has 3 rings (SSSR count). The average molecular weight is 439 g/mol. The Morgan fingerprint density at radius 3 is 2.28 bits per heavy atom. The summed E-state index contributed by atoms with van der Waals surface area (Å²) in [5, 5.41) is 4.73. The van der Waals surface area contributed by atoms with Crippen LogP contribution in [0.3, 0.4) is 0 Å². The lowest BCUT2D eigenvalue weighted by Crippen LogP contribution is -2.52. The third-order valence-corrected chi connectivity index (χ3v) is 4.91. The highest BCUT2D eigenvalue weighted by Crippen LogP contribution is 2.18. The quantitative estimate of drug-likeness (QED) is 0.709. The molecule has 2 aromatic rings. The van der Waals surface area contributed by atoms with Crippen LogP contribution in [0.4, 0.5) is 4.79 Å². The number of piperazine rings is 1. The number of hydrogen-bond acceptors (Lipinski definition) is 6. The van der Waals surface area contributed by atoms with Gasteiger partial charge in [-0.25, -0.2) is 4.79 Å². The minimum atomic E-state index is -0.388. The Morgan fingerprint density at radius 1 is 1.03 bits per heavy atom. The molecular weight excluding hydrogens is 414 g/mol. The second kappa shape index (κ2) is 12.0. The molecule has 1 aliphatic heterocycles. The number of rotatable bonds is 5. The van der Waals surface area contributed by atoms with Crippen molar-refractivity contribution in [3.63, 3.8) is 0 Å². The number of ether oxygens (including phenoxy) is 1. The van der Waals surface area contributed by atoms with E-state index in [9.17, 15) is 14.4 Å². The standard InChI is InChI=1S/C22H25N3O4.CO2/c1-3-20(26)23-14-21(27)24-8-10-25(11-9-24)22(28)29-15-17-5-7-18-12-16(2)4-6-19(18)13-17;2-1-3/h3-7,12-13H,1,8-11,14-15H2,2H3,(H,23,26);. The summed E-state index contributed by atoms with van der Waals surface area (Å²) < 4.78 is 5.44. The Morgan fingerprint density at radius 2 is 1.62 bits per heavy atom. The van der Waals surface area contributed by atoms with E-state index in [1.54, 1.807) is 9.80 Å². The number of carbonyl (C=O) groups excluding carboxylic acids is 5. The zero-order valence-electron chi connectivity index (χ0n) is 17.8. The molecule has 0 unspecified atom stereocenters. The predicted molar refractivity (Wildman–Crippen MR) is 115 cm³/mol. The van der Waals surface area contributed by atoms with Gasteiger partial charge in [-0.3, -0.25) is 9.59 Å². The first kappa shape index (κ1) is 24.3. The molecule has 1 N–H and O–H groups in total. The minimum absolute atomic E-state index is 0.0726. The Kier molecular flexibility index (Phi) is 9.13. The maximum absolute atomic E-state index is 12.3. The van der Waals surface area contributed by atoms with Crippen molar-refractivity contribution in [2.75, 3.05) is 32.7 Å². The molecule has 0 radical (unpaired) electrons. The number of amides is 3. The van der Waals surface area contributed by atoms with Crippen LogP contribution in [0, 0.1) is 6.92 Å². The van der Waals surface area contributed by atoms with Gasteiger partial charge in [0.15, 0.2) is 0 Å². The van der Waals surface area contributed by atoms with Gasteiger partial charge in [-0.15, -0.1) is 0 Å². The number of aryl methyl sites for hydroxylation is 1. The van der Waals surface area contributed by atoms with E-state index >= 15 is 0 Å². The number of benzene rings is 2. The second-order valence-electron chi connectivity index (χ2n) is 7.11. The van der Waals surface area contributed by atoms with Gasteiger partial charge in [0.05, 0.1) is 6.54 Å². The number of nitrogens with one attached hydrogen (secondary N) is 1. The number of carbonyl (C=O) groups is 3. The molecule has 0 aromatic heterocycles. The fourth-order valence-electron chi connectivity index (χ4n) is 3.23. The molecule has 168 valence electrons. The van der Waals surface area contributed by atoms with Crippen molar-refractivity contribution < 1.29 is 28.7 Å². The molecular formula is C23H25N3O6. The smallest absolute Gasteiger partial charge is 0.410 e. The summed E-state index contributed by atoms with van der Waals surface area (Å²) >= 11 is 0. The lowest BCUT2D eigenvalue weighted by molar-refractivity contribution is -0.191. The second-order valence-corrected chi connectivity index (χ2v) is 7.11. The minimum Gasteiger partial charge on any atom is -0.445 e. The van der Waals surface area contributed by atoms with Gasteiger partial charge in [0, 0.05) is 26.2 Å². The van der Waals surface area contributed by atoms with Crippen molar-refractivity contribution >= 4 is 34.8 Å². The Hall–Kier alpha value is -3.97. The summed E-state index contributed by atoms with van der Waals surface area (Å²) in [4.78, 5) is 55.0. The van der Waals surface area contributed by atoms with E-state index < -0.39 is 0 Å². The molecule has 32 heavy (non-hydrogen) atoms. The van der Waals surface area contributed by atoms with Crippen LogP contribution in [0.5, 0.6) is 0 Å². The average Bonchev–Trinajstić information content (AvgIpc) is 2.81. The largest absolute Gasteiger partial charge is 0.445 e. The molecule has 0 atom stereocenters. The number of hydrogen-bond donors (Lipinski definition) is 1. The summed E-state index contributed by atoms with van der Waals surface area (Å²) in [6.07, 6.45) is 0.985. The summed E-state index contributed by atoms with van der Waals surface area (Å²) in [6, 6.07) is 12.3. The van der Waals surface area contributed by atoms with Crippen LogP contribution in [0.2, 0.25) is 0 Å². The van der Waals surface area contributed by atoms with E-state index in [1.807, 2.05) is 18.2 Å². The molecule has 9 heteroatoms. The van der Waals surface area contributed by atoms with E-state index in [-0.39, 0.29) is 37.2 Å². The maximum Gasteiger partial charge on any atom is 0.410 e. The van der Waals surface area contributed by atoms with Gasteiger partial charge in [0.1, 0.15) is 6.61 Å². The van der Waals surface area contributed by atoms with Gasteiger partial charge < -0.3 is 19.9 Å². The molecule has 1 saturated heterocycles. The first-order valence-corrected chi connectivity index (χ1v) is 9.96. The van der Waals surface area contributed by atoms with Crippen LogP contribution >= 0.6 is 0 Å². The highest BCUT2D eigenvalue weighted by molar-refractivity contribution is 5.90. The summed E-state index contributed by atoms with van der Waals surface area (Å²) in [5.41, 5.74) is 2.14. The topological polar surface area (TPSA) is 113 Å². The number of nitrogens with zero attached hydrogens (tertiary/aromatic N) is 2. The van der Waals surface area contributed by atoms with Crippen LogP contribution in [-0.4, -0.2) is 66.6 Å². The highest BCUT2D eigenvalue weighted by atomic mass is 16.6. The summed E-state index contributed by atoms with van der Waals surface area (Å²) in [5.74, 6) is -0.566. The van der Waals surface area contributed by atoms with Crippen LogP contribution in [0.1, 0.15) is 11.1 Å². The van der Waals surface area contributed by atoms with Crippen molar-refractivity contribution in [2.24, 2.45) is 0 Å². The molecule has 0 aliphatic carbocycles. The van der Waals surface area contributed by atoms with Crippen LogP contribution in [-0.2, 0) is 30.5 Å². The predicted octanol–water partition coefficient (Wildman–Crippen LogP) is 1.65. The summed E-state index contributed by atoms with van der Waals surface area (Å²) in [6.45, 7) is 7.15. The lowest BCUT2D eigenvalue weighted by atomic mass is 10.1. The molecule has 0 bridgehead atoms. The zero-order chi connectivity index (χ0) is 23.5. The maximum atomic E-state index is 12.3. The fraction of sp³-hybridized carbons (Fsp3) is 0.304. The van der Waals surface area contributed by atoms with Crippen LogP contribution in [0.15, 0.2) is 49.1 Å². The van der Waals surface area contributed by atoms with E-state index in [4.69, 9.17) is 14.3 Å². The molecule has 1 heterocycles. The van der Waals surface area contributed by atoms with Crippen molar-refractivity contribution in [2.45, 2.75) is 13.5 Å². The van der Waals surface area contributed by atoms with Crippen molar-refractivity contribution in [1.82, 2.24) is 15.1 Å². The van der Waals surface area contributed by atoms with Gasteiger partial charge in [0.25, 0.3) is 0 Å². The lowest BCUT2D eigenvalue weighted by Gasteiger charge is -2.34. The third-order valence-electron chi connectivity index (χ3n) is 4.91. The zero-order valence-corrected chi connectivity index (χ0v) is 17.8. The highest BCUT2D eigenvalue weighted by Gasteiger charge is 2.25. The van der Waals surface area contributed by atoms with Gasteiger partial charge in [-0.2, -0.15) is 9.59 Å². The van der Waals surface area contributed by atoms with Crippen molar-refractivity contribution in [3.05, 3.63) is 60.2 Å². The van der Waals surface area contributed by atoms with Gasteiger partial charge >= 0.3 is 12.2 Å². The molecule has 2 aromatic carbocycles. The van der Waals surface area contributed by atoms with Crippen LogP contribution in [0.25, 0.3) is 10.8 Å². The normalized spacial score (nSPS) is 12.8. The van der Waals surface area contributed by atoms with Crippen molar-refractivity contribution in [1.29, 1.82) is 0 Å². The molecule has 1 aliphatic rings. The van der Waals surface area contributed by atoms with E-state index in [1.165, 1.54) is 5.56 Å². The van der Waals surface area contributed by atoms with Gasteiger partial charge in [-0.05, 0) is 35.4 Å². The first-order chi connectivity index (χ1) is 15.4. The summed E-state index contributed by atoms with van der Waals surface area (Å²) in [7, 11) is 0. The van der Waals surface area contributed by atoms with Gasteiger partial charge in [-0.1, -0.05) is 42.5 Å². The first-order valence-electron chi connectivity index (χ1n) is 9.96. The van der Waals surface area contributed by atoms with E-state index in [2.05, 4.69) is 37.0 Å². The number of fused-ring (bicyclic) bond motifs is 1. The molecule has 9 nitrogen and oxygen atoms in total. The monoisotopic (exact) mass is 439 g/mol. The third kappa shape index (κ3) is 7.07. The van der Waals surface area contributed by atoms with E-state index in [0.717, 1.165) is 22.4 Å².